The van der Waals surface area contributed by atoms with Gasteiger partial charge in [0.1, 0.15) is 29.4 Å². The summed E-state index contributed by atoms with van der Waals surface area (Å²) in [6.45, 7) is 5.01. The number of carboxylic acid groups (broad SMARTS) is 4. The highest BCUT2D eigenvalue weighted by atomic mass is 16.4. The molecule has 0 rings (SSSR count). The molecule has 7 N–H and O–H groups in total. The Balaban J connectivity index is 4.79. The summed E-state index contributed by atoms with van der Waals surface area (Å²) in [5.74, 6) is -11.0. The number of ketones is 3. The first-order chi connectivity index (χ1) is 23.4. The predicted octanol–water partition coefficient (Wildman–Crippen LogP) is 1.49. The molecule has 0 spiro atoms. The lowest BCUT2D eigenvalue weighted by Gasteiger charge is -2.17. The minimum atomic E-state index is -1.53. The second-order valence-electron chi connectivity index (χ2n) is 12.4. The van der Waals surface area contributed by atoms with Crippen molar-refractivity contribution in [2.75, 3.05) is 6.54 Å². The van der Waals surface area contributed by atoms with E-state index in [1.54, 1.807) is 6.92 Å². The Morgan fingerprint density at radius 1 is 0.520 bits per heavy atom. The van der Waals surface area contributed by atoms with E-state index in [0.29, 0.717) is 19.4 Å². The van der Waals surface area contributed by atoms with Crippen LogP contribution in [-0.2, 0) is 47.9 Å². The standard InChI is InChI=1S/C33H51N3O14/c1-4-21(20(3)38)7-5-6-16-34-27(40)15-12-26(33(49)50)36-29(42)14-9-23(31(45)46)18-24(39)10-11-25(32(47)48)35-28(41)13-8-22(30(43)44)17-19(2)37/h21-23,25-26H,4-18H2,1-3H3,(H,34,40)(H,35,41)(H,36,42)(H,43,44)(H,45,46)(H,47,48)(H,49,50)/t21-,22+,23+,25-,26-/m0/s1. The third-order valence-corrected chi connectivity index (χ3v) is 8.15. The predicted molar refractivity (Wildman–Crippen MR) is 175 cm³/mol. The third-order valence-electron chi connectivity index (χ3n) is 8.15. The molecule has 282 valence electrons. The Hall–Kier alpha value is -4.70. The molecule has 0 aromatic heterocycles. The average molecular weight is 714 g/mol. The van der Waals surface area contributed by atoms with Gasteiger partial charge in [-0.1, -0.05) is 13.3 Å². The van der Waals surface area contributed by atoms with E-state index in [4.69, 9.17) is 0 Å². The lowest BCUT2D eigenvalue weighted by Crippen LogP contribution is -2.42. The highest BCUT2D eigenvalue weighted by Gasteiger charge is 2.27. The molecule has 3 amide bonds. The van der Waals surface area contributed by atoms with Gasteiger partial charge in [0.15, 0.2) is 0 Å². The van der Waals surface area contributed by atoms with E-state index in [9.17, 15) is 68.4 Å². The molecule has 0 aromatic carbocycles. The minimum absolute atomic E-state index is 0.0185. The maximum absolute atomic E-state index is 12.5. The quantitative estimate of drug-likeness (QED) is 0.0541. The number of hydrogen-bond donors (Lipinski definition) is 7. The molecular weight excluding hydrogens is 662 g/mol. The van der Waals surface area contributed by atoms with Crippen LogP contribution in [0.4, 0.5) is 0 Å². The molecule has 0 fully saturated rings. The SMILES string of the molecule is CC[C@@H](CCCCNC(=O)CC[C@H](NC(=O)CC[C@H](CC(=O)CC[C@H](NC(=O)CC[C@H](CC(C)=O)C(=O)O)C(=O)O)C(=O)O)C(=O)O)C(C)=O. The number of carboxylic acids is 4. The van der Waals surface area contributed by atoms with Gasteiger partial charge in [-0.05, 0) is 58.8 Å². The fourth-order valence-electron chi connectivity index (χ4n) is 5.12. The zero-order chi connectivity index (χ0) is 38.4. The number of unbranched alkanes of at least 4 members (excludes halogenated alkanes) is 1. The Labute approximate surface area is 290 Å². The van der Waals surface area contributed by atoms with Crippen molar-refractivity contribution in [2.45, 2.75) is 123 Å². The maximum atomic E-state index is 12.5. The van der Waals surface area contributed by atoms with Crippen LogP contribution in [0.5, 0.6) is 0 Å². The zero-order valence-corrected chi connectivity index (χ0v) is 28.9. The Kier molecular flexibility index (Phi) is 22.1. The van der Waals surface area contributed by atoms with Crippen molar-refractivity contribution in [3.63, 3.8) is 0 Å². The number of hydrogen-bond acceptors (Lipinski definition) is 10. The summed E-state index contributed by atoms with van der Waals surface area (Å²) in [5, 5.41) is 44.7. The van der Waals surface area contributed by atoms with Crippen LogP contribution in [0.1, 0.15) is 111 Å². The van der Waals surface area contributed by atoms with E-state index < -0.39 is 103 Å². The van der Waals surface area contributed by atoms with E-state index in [2.05, 4.69) is 16.0 Å². The van der Waals surface area contributed by atoms with E-state index in [1.807, 2.05) is 6.92 Å². The van der Waals surface area contributed by atoms with Crippen LogP contribution < -0.4 is 16.0 Å². The van der Waals surface area contributed by atoms with E-state index in [1.165, 1.54) is 6.92 Å². The van der Waals surface area contributed by atoms with Crippen molar-refractivity contribution in [2.24, 2.45) is 17.8 Å². The number of nitrogens with one attached hydrogen (secondary N) is 3. The molecule has 50 heavy (non-hydrogen) atoms. The second kappa shape index (κ2) is 24.4. The molecule has 0 radical (unpaired) electrons. The minimum Gasteiger partial charge on any atom is -0.481 e. The fraction of sp³-hybridized carbons (Fsp3) is 0.697. The van der Waals surface area contributed by atoms with Crippen LogP contribution in [0, 0.1) is 17.8 Å². The smallest absolute Gasteiger partial charge is 0.326 e. The van der Waals surface area contributed by atoms with E-state index in [-0.39, 0.29) is 50.2 Å². The van der Waals surface area contributed by atoms with Crippen LogP contribution in [-0.4, -0.2) is 98.0 Å². The van der Waals surface area contributed by atoms with Gasteiger partial charge >= 0.3 is 23.9 Å². The molecular formula is C33H51N3O14. The first-order valence-corrected chi connectivity index (χ1v) is 16.7. The summed E-state index contributed by atoms with van der Waals surface area (Å²) >= 11 is 0. The van der Waals surface area contributed by atoms with Crippen LogP contribution in [0.25, 0.3) is 0 Å². The van der Waals surface area contributed by atoms with Gasteiger partial charge in [-0.25, -0.2) is 9.59 Å². The van der Waals surface area contributed by atoms with Crippen molar-refractivity contribution in [1.29, 1.82) is 0 Å². The van der Waals surface area contributed by atoms with Gasteiger partial charge in [-0.3, -0.25) is 33.6 Å². The summed E-state index contributed by atoms with van der Waals surface area (Å²) < 4.78 is 0. The Morgan fingerprint density at radius 3 is 1.40 bits per heavy atom. The van der Waals surface area contributed by atoms with Crippen LogP contribution in [0.15, 0.2) is 0 Å². The molecule has 0 heterocycles. The fourth-order valence-corrected chi connectivity index (χ4v) is 5.12. The molecule has 0 saturated carbocycles. The molecule has 17 nitrogen and oxygen atoms in total. The summed E-state index contributed by atoms with van der Waals surface area (Å²) in [6.07, 6.45) is -0.682. The second-order valence-corrected chi connectivity index (χ2v) is 12.4. The number of carbonyl (C=O) groups excluding carboxylic acids is 6. The molecule has 5 atom stereocenters. The third kappa shape index (κ3) is 20.6. The monoisotopic (exact) mass is 713 g/mol. The molecule has 17 heteroatoms. The highest BCUT2D eigenvalue weighted by Crippen LogP contribution is 2.17. The van der Waals surface area contributed by atoms with Crippen molar-refractivity contribution in [3.05, 3.63) is 0 Å². The van der Waals surface area contributed by atoms with Crippen LogP contribution in [0.2, 0.25) is 0 Å². The Bertz CT molecular complexity index is 1230. The molecule has 0 unspecified atom stereocenters. The Morgan fingerprint density at radius 2 is 0.980 bits per heavy atom. The zero-order valence-electron chi connectivity index (χ0n) is 28.9. The normalized spacial score (nSPS) is 13.8. The average Bonchev–Trinajstić information content (AvgIpc) is 3.02. The van der Waals surface area contributed by atoms with Crippen molar-refractivity contribution in [1.82, 2.24) is 16.0 Å². The number of Topliss-reactive ketones (excluding diaryl/α,β-unsaturated/α-hetero) is 3. The van der Waals surface area contributed by atoms with Gasteiger partial charge in [0.25, 0.3) is 0 Å². The van der Waals surface area contributed by atoms with Gasteiger partial charge in [-0.15, -0.1) is 0 Å². The molecule has 0 bridgehead atoms. The van der Waals surface area contributed by atoms with Crippen molar-refractivity contribution >= 4 is 58.9 Å². The first-order valence-electron chi connectivity index (χ1n) is 16.7. The van der Waals surface area contributed by atoms with Crippen molar-refractivity contribution in [3.8, 4) is 0 Å². The van der Waals surface area contributed by atoms with E-state index in [0.717, 1.165) is 12.8 Å². The summed E-state index contributed by atoms with van der Waals surface area (Å²) in [4.78, 5) is 118. The summed E-state index contributed by atoms with van der Waals surface area (Å²) in [6, 6.07) is -2.95. The lowest BCUT2D eigenvalue weighted by atomic mass is 9.94. The molecule has 0 saturated heterocycles. The van der Waals surface area contributed by atoms with Gasteiger partial charge in [0.05, 0.1) is 11.8 Å². The topological polar surface area (TPSA) is 288 Å². The van der Waals surface area contributed by atoms with Gasteiger partial charge < -0.3 is 41.2 Å². The maximum Gasteiger partial charge on any atom is 0.326 e. The van der Waals surface area contributed by atoms with Gasteiger partial charge in [0, 0.05) is 51.0 Å². The van der Waals surface area contributed by atoms with Crippen LogP contribution >= 0.6 is 0 Å². The lowest BCUT2D eigenvalue weighted by molar-refractivity contribution is -0.145. The number of rotatable bonds is 29. The van der Waals surface area contributed by atoms with Crippen molar-refractivity contribution < 1.29 is 68.4 Å². The molecule has 0 aliphatic heterocycles. The molecule has 0 aliphatic carbocycles. The number of amides is 3. The molecule has 0 aromatic rings. The summed E-state index contributed by atoms with van der Waals surface area (Å²) in [5.41, 5.74) is 0. The van der Waals surface area contributed by atoms with Crippen LogP contribution in [0.3, 0.4) is 0 Å². The summed E-state index contributed by atoms with van der Waals surface area (Å²) in [7, 11) is 0. The van der Waals surface area contributed by atoms with Gasteiger partial charge in [0.2, 0.25) is 17.7 Å². The molecule has 0 aliphatic rings. The first kappa shape index (κ1) is 45.3. The number of aliphatic carboxylic acids is 4. The largest absolute Gasteiger partial charge is 0.481 e. The van der Waals surface area contributed by atoms with E-state index >= 15 is 0 Å². The highest BCUT2D eigenvalue weighted by molar-refractivity contribution is 5.88. The number of carbonyl (C=O) groups is 10. The van der Waals surface area contributed by atoms with Gasteiger partial charge in [-0.2, -0.15) is 0 Å².